The van der Waals surface area contributed by atoms with E-state index >= 15 is 0 Å². The van der Waals surface area contributed by atoms with Gasteiger partial charge in [-0.25, -0.2) is 20.8 Å². The van der Waals surface area contributed by atoms with Crippen LogP contribution < -0.4 is 26.8 Å². The maximum Gasteiger partial charge on any atom is 0.183 e. The molecule has 168 valence electrons. The molecular formula is C23H25N9O. The molecular weight excluding hydrogens is 418 g/mol. The van der Waals surface area contributed by atoms with Crippen LogP contribution >= 0.6 is 0 Å². The Morgan fingerprint density at radius 3 is 2.73 bits per heavy atom. The van der Waals surface area contributed by atoms with E-state index < -0.39 is 0 Å². The van der Waals surface area contributed by atoms with Crippen molar-refractivity contribution < 1.29 is 4.74 Å². The number of morpholine rings is 1. The predicted octanol–water partition coefficient (Wildman–Crippen LogP) is 2.90. The van der Waals surface area contributed by atoms with Crippen LogP contribution in [0.1, 0.15) is 5.56 Å². The highest BCUT2D eigenvalue weighted by atomic mass is 16.5. The maximum atomic E-state index is 5.65. The van der Waals surface area contributed by atoms with Gasteiger partial charge in [-0.15, -0.1) is 0 Å². The molecule has 1 aliphatic rings. The Morgan fingerprint density at radius 1 is 0.939 bits per heavy atom. The zero-order chi connectivity index (χ0) is 22.5. The standard InChI is InChI=1S/C23H25N9O/c24-31-23-22(27-14-16-3-4-19-17(12-16)2-1-6-25-19)30-21(15-28-23)29-20-13-18(5-7-26-20)32-8-10-33-11-9-32/h1-7,12-13,15H,8-11,14,24H2,(H,28,31)(H2,26,27,29,30). The van der Waals surface area contributed by atoms with Crippen LogP contribution in [0.3, 0.4) is 0 Å². The summed E-state index contributed by atoms with van der Waals surface area (Å²) in [5.74, 6) is 7.90. The Kier molecular flexibility index (Phi) is 6.09. The molecule has 0 spiro atoms. The van der Waals surface area contributed by atoms with Crippen LogP contribution in [0.25, 0.3) is 10.9 Å². The minimum absolute atomic E-state index is 0.457. The first-order valence-corrected chi connectivity index (χ1v) is 10.8. The van der Waals surface area contributed by atoms with Crippen molar-refractivity contribution in [3.8, 4) is 0 Å². The third-order valence-electron chi connectivity index (χ3n) is 5.41. The van der Waals surface area contributed by atoms with E-state index in [1.165, 1.54) is 0 Å². The van der Waals surface area contributed by atoms with E-state index in [1.54, 1.807) is 18.6 Å². The molecule has 5 N–H and O–H groups in total. The third kappa shape index (κ3) is 4.92. The molecule has 0 amide bonds. The summed E-state index contributed by atoms with van der Waals surface area (Å²) in [6.45, 7) is 3.74. The van der Waals surface area contributed by atoms with Crippen LogP contribution in [0.2, 0.25) is 0 Å². The molecule has 10 nitrogen and oxygen atoms in total. The Bertz CT molecular complexity index is 1240. The van der Waals surface area contributed by atoms with Gasteiger partial charge in [0.25, 0.3) is 0 Å². The van der Waals surface area contributed by atoms with Crippen molar-refractivity contribution in [1.29, 1.82) is 0 Å². The van der Waals surface area contributed by atoms with Crippen molar-refractivity contribution in [2.45, 2.75) is 6.54 Å². The van der Waals surface area contributed by atoms with E-state index in [9.17, 15) is 0 Å². The lowest BCUT2D eigenvalue weighted by Crippen LogP contribution is -2.36. The van der Waals surface area contributed by atoms with E-state index in [0.717, 1.165) is 48.5 Å². The highest BCUT2D eigenvalue weighted by Gasteiger charge is 2.13. The molecule has 4 heterocycles. The van der Waals surface area contributed by atoms with Gasteiger partial charge in [0.15, 0.2) is 17.5 Å². The van der Waals surface area contributed by atoms with Gasteiger partial charge in [0.1, 0.15) is 5.82 Å². The molecule has 1 aliphatic heterocycles. The number of nitrogen functional groups attached to an aromatic ring is 1. The van der Waals surface area contributed by atoms with Gasteiger partial charge in [0, 0.05) is 49.2 Å². The summed E-state index contributed by atoms with van der Waals surface area (Å²) in [5.41, 5.74) is 5.74. The van der Waals surface area contributed by atoms with E-state index in [-0.39, 0.29) is 0 Å². The molecule has 0 bridgehead atoms. The number of nitrogens with two attached hydrogens (primary N) is 1. The van der Waals surface area contributed by atoms with E-state index in [0.29, 0.717) is 29.8 Å². The molecule has 33 heavy (non-hydrogen) atoms. The first-order valence-electron chi connectivity index (χ1n) is 10.8. The summed E-state index contributed by atoms with van der Waals surface area (Å²) < 4.78 is 5.44. The van der Waals surface area contributed by atoms with Crippen molar-refractivity contribution in [2.24, 2.45) is 5.84 Å². The number of nitrogens with zero attached hydrogens (tertiary/aromatic N) is 5. The van der Waals surface area contributed by atoms with Crippen LogP contribution in [0.5, 0.6) is 0 Å². The number of nitrogens with one attached hydrogen (secondary N) is 3. The molecule has 4 aromatic rings. The summed E-state index contributed by atoms with van der Waals surface area (Å²) in [5, 5.41) is 7.64. The molecule has 10 heteroatoms. The van der Waals surface area contributed by atoms with Gasteiger partial charge in [-0.05, 0) is 29.8 Å². The van der Waals surface area contributed by atoms with Gasteiger partial charge < -0.3 is 25.7 Å². The lowest BCUT2D eigenvalue weighted by Gasteiger charge is -2.28. The Balaban J connectivity index is 1.31. The number of anilines is 5. The predicted molar refractivity (Wildman–Crippen MR) is 129 cm³/mol. The summed E-state index contributed by atoms with van der Waals surface area (Å²) in [6, 6.07) is 14.1. The largest absolute Gasteiger partial charge is 0.378 e. The molecule has 0 aliphatic carbocycles. The second-order valence-electron chi connectivity index (χ2n) is 7.60. The normalized spacial score (nSPS) is 13.7. The average Bonchev–Trinajstić information content (AvgIpc) is 2.88. The number of ether oxygens (including phenoxy) is 1. The fourth-order valence-corrected chi connectivity index (χ4v) is 3.74. The Hall–Kier alpha value is -4.02. The van der Waals surface area contributed by atoms with Crippen LogP contribution in [0.15, 0.2) is 61.1 Å². The number of hydrogen-bond acceptors (Lipinski definition) is 10. The van der Waals surface area contributed by atoms with Crippen molar-refractivity contribution >= 4 is 39.9 Å². The van der Waals surface area contributed by atoms with Gasteiger partial charge in [-0.3, -0.25) is 4.98 Å². The fourth-order valence-electron chi connectivity index (χ4n) is 3.74. The summed E-state index contributed by atoms with van der Waals surface area (Å²) in [6.07, 6.45) is 5.19. The zero-order valence-corrected chi connectivity index (χ0v) is 18.0. The monoisotopic (exact) mass is 443 g/mol. The van der Waals surface area contributed by atoms with Crippen molar-refractivity contribution in [1.82, 2.24) is 19.9 Å². The average molecular weight is 444 g/mol. The number of benzene rings is 1. The van der Waals surface area contributed by atoms with E-state index in [2.05, 4.69) is 47.0 Å². The first-order chi connectivity index (χ1) is 16.3. The number of fused-ring (bicyclic) bond motifs is 1. The van der Waals surface area contributed by atoms with Crippen LogP contribution in [0, 0.1) is 0 Å². The molecule has 1 fully saturated rings. The Morgan fingerprint density at radius 2 is 1.85 bits per heavy atom. The molecule has 1 saturated heterocycles. The molecule has 0 atom stereocenters. The lowest BCUT2D eigenvalue weighted by molar-refractivity contribution is 0.122. The van der Waals surface area contributed by atoms with Gasteiger partial charge in [-0.1, -0.05) is 12.1 Å². The quantitative estimate of drug-likeness (QED) is 0.250. The number of hydrazine groups is 1. The van der Waals surface area contributed by atoms with Gasteiger partial charge in [-0.2, -0.15) is 0 Å². The SMILES string of the molecule is NNc1ncc(Nc2cc(N3CCOCC3)ccn2)nc1NCc1ccc2ncccc2c1. The Labute approximate surface area is 191 Å². The number of pyridine rings is 2. The minimum atomic E-state index is 0.457. The van der Waals surface area contributed by atoms with Crippen LogP contribution in [0.4, 0.5) is 29.0 Å². The summed E-state index contributed by atoms with van der Waals surface area (Å²) in [7, 11) is 0. The molecule has 5 rings (SSSR count). The van der Waals surface area contributed by atoms with Gasteiger partial charge in [0.2, 0.25) is 0 Å². The number of aromatic nitrogens is 4. The van der Waals surface area contributed by atoms with Gasteiger partial charge >= 0.3 is 0 Å². The first kappa shape index (κ1) is 20.9. The fraction of sp³-hybridized carbons (Fsp3) is 0.217. The van der Waals surface area contributed by atoms with Crippen molar-refractivity contribution in [3.05, 3.63) is 66.6 Å². The molecule has 0 radical (unpaired) electrons. The highest BCUT2D eigenvalue weighted by molar-refractivity contribution is 5.79. The van der Waals surface area contributed by atoms with Crippen molar-refractivity contribution in [3.63, 3.8) is 0 Å². The summed E-state index contributed by atoms with van der Waals surface area (Å²) >= 11 is 0. The molecule has 1 aromatic carbocycles. The maximum absolute atomic E-state index is 5.65. The molecule has 3 aromatic heterocycles. The highest BCUT2D eigenvalue weighted by Crippen LogP contribution is 2.24. The van der Waals surface area contributed by atoms with Crippen LogP contribution in [-0.2, 0) is 11.3 Å². The summed E-state index contributed by atoms with van der Waals surface area (Å²) in [4.78, 5) is 20.1. The number of hydrogen-bond donors (Lipinski definition) is 4. The minimum Gasteiger partial charge on any atom is -0.378 e. The second-order valence-corrected chi connectivity index (χ2v) is 7.60. The molecule has 0 saturated carbocycles. The van der Waals surface area contributed by atoms with Crippen LogP contribution in [-0.4, -0.2) is 46.2 Å². The third-order valence-corrected chi connectivity index (χ3v) is 5.41. The zero-order valence-electron chi connectivity index (χ0n) is 18.0. The van der Waals surface area contributed by atoms with E-state index in [1.807, 2.05) is 36.4 Å². The van der Waals surface area contributed by atoms with Gasteiger partial charge in [0.05, 0.1) is 24.9 Å². The molecule has 0 unspecified atom stereocenters. The topological polar surface area (TPSA) is 126 Å². The second kappa shape index (κ2) is 9.63. The number of rotatable bonds is 7. The van der Waals surface area contributed by atoms with Crippen molar-refractivity contribution in [2.75, 3.05) is 47.3 Å². The lowest BCUT2D eigenvalue weighted by atomic mass is 10.1. The smallest absolute Gasteiger partial charge is 0.183 e. The van der Waals surface area contributed by atoms with E-state index in [4.69, 9.17) is 10.6 Å².